The Kier molecular flexibility index (Phi) is 5.27. The minimum atomic E-state index is -2.84. The molecule has 0 amide bonds. The normalized spacial score (nSPS) is 10.7. The molecule has 0 radical (unpaired) electrons. The van der Waals surface area contributed by atoms with Crippen molar-refractivity contribution in [2.45, 2.75) is 18.7 Å². The molecule has 0 bridgehead atoms. The van der Waals surface area contributed by atoms with E-state index in [1.807, 2.05) is 0 Å². The number of pyridine rings is 1. The largest absolute Gasteiger partial charge is 0.461 e. The molecule has 0 N–H and O–H groups in total. The molecule has 0 unspecified atom stereocenters. The van der Waals surface area contributed by atoms with Crippen LogP contribution in [0.15, 0.2) is 6.07 Å². The third kappa shape index (κ3) is 3.35. The summed E-state index contributed by atoms with van der Waals surface area (Å²) in [5, 5.41) is 0.116. The van der Waals surface area contributed by atoms with E-state index in [0.29, 0.717) is 5.56 Å². The van der Waals surface area contributed by atoms with E-state index in [2.05, 4.69) is 20.9 Å². The first-order valence-corrected chi connectivity index (χ1v) is 6.21. The SMILES string of the molecule is CCOC(=O)c1cc(CBr)c(Cl)c(C(F)F)n1. The van der Waals surface area contributed by atoms with Gasteiger partial charge in [0.1, 0.15) is 11.4 Å². The zero-order chi connectivity index (χ0) is 13.0. The van der Waals surface area contributed by atoms with E-state index >= 15 is 0 Å². The van der Waals surface area contributed by atoms with Crippen molar-refractivity contribution >= 4 is 33.5 Å². The average molecular weight is 329 g/mol. The van der Waals surface area contributed by atoms with Crippen LogP contribution in [0, 0.1) is 0 Å². The molecule has 0 spiro atoms. The maximum Gasteiger partial charge on any atom is 0.356 e. The number of hydrogen-bond donors (Lipinski definition) is 0. The van der Waals surface area contributed by atoms with Crippen LogP contribution in [0.25, 0.3) is 0 Å². The number of carbonyl (C=O) groups excluding carboxylic acids is 1. The van der Waals surface area contributed by atoms with Crippen LogP contribution >= 0.6 is 27.5 Å². The molecule has 0 fully saturated rings. The predicted molar refractivity (Wildman–Crippen MR) is 62.8 cm³/mol. The molecule has 1 aromatic rings. The molecule has 0 aromatic carbocycles. The van der Waals surface area contributed by atoms with Crippen LogP contribution in [0.5, 0.6) is 0 Å². The Morgan fingerprint density at radius 2 is 2.29 bits per heavy atom. The lowest BCUT2D eigenvalue weighted by Gasteiger charge is -2.09. The van der Waals surface area contributed by atoms with Crippen LogP contribution in [0.2, 0.25) is 5.02 Å². The zero-order valence-corrected chi connectivity index (χ0v) is 11.2. The Labute approximate surface area is 110 Å². The predicted octanol–water partition coefficient (Wildman–Crippen LogP) is 3.74. The fourth-order valence-electron chi connectivity index (χ4n) is 1.16. The quantitative estimate of drug-likeness (QED) is 0.624. The third-order valence-electron chi connectivity index (χ3n) is 1.89. The highest BCUT2D eigenvalue weighted by Crippen LogP contribution is 2.30. The van der Waals surface area contributed by atoms with Crippen LogP contribution < -0.4 is 0 Å². The van der Waals surface area contributed by atoms with Crippen LogP contribution in [-0.4, -0.2) is 17.6 Å². The van der Waals surface area contributed by atoms with Crippen molar-refractivity contribution in [3.63, 3.8) is 0 Å². The maximum absolute atomic E-state index is 12.7. The molecule has 0 saturated carbocycles. The molecule has 3 nitrogen and oxygen atoms in total. The van der Waals surface area contributed by atoms with Gasteiger partial charge in [-0.15, -0.1) is 0 Å². The lowest BCUT2D eigenvalue weighted by Crippen LogP contribution is -2.10. The summed E-state index contributed by atoms with van der Waals surface area (Å²) in [6.07, 6.45) is -2.84. The Balaban J connectivity index is 3.25. The van der Waals surface area contributed by atoms with Gasteiger partial charge in [0.2, 0.25) is 0 Å². The molecule has 1 aromatic heterocycles. The summed E-state index contributed by atoms with van der Waals surface area (Å²) in [6, 6.07) is 1.33. The number of alkyl halides is 3. The van der Waals surface area contributed by atoms with Gasteiger partial charge in [-0.1, -0.05) is 27.5 Å². The van der Waals surface area contributed by atoms with E-state index in [1.165, 1.54) is 6.07 Å². The average Bonchev–Trinajstić information content (AvgIpc) is 2.29. The minimum absolute atomic E-state index is 0.134. The molecule has 7 heteroatoms. The fraction of sp³-hybridized carbons (Fsp3) is 0.400. The van der Waals surface area contributed by atoms with Gasteiger partial charge in [0, 0.05) is 5.33 Å². The number of rotatable bonds is 4. The summed E-state index contributed by atoms with van der Waals surface area (Å²) in [7, 11) is 0. The number of ether oxygens (including phenoxy) is 1. The summed E-state index contributed by atoms with van der Waals surface area (Å²) in [5.74, 6) is -0.742. The van der Waals surface area contributed by atoms with Crippen molar-refractivity contribution in [2.24, 2.45) is 0 Å². The van der Waals surface area contributed by atoms with Gasteiger partial charge in [0.25, 0.3) is 6.43 Å². The molecule has 17 heavy (non-hydrogen) atoms. The van der Waals surface area contributed by atoms with Gasteiger partial charge in [-0.2, -0.15) is 0 Å². The van der Waals surface area contributed by atoms with Gasteiger partial charge < -0.3 is 4.74 Å². The summed E-state index contributed by atoms with van der Waals surface area (Å²) in [5.41, 5.74) is -0.396. The summed E-state index contributed by atoms with van der Waals surface area (Å²) in [6.45, 7) is 1.77. The van der Waals surface area contributed by atoms with Crippen molar-refractivity contribution in [3.05, 3.63) is 28.0 Å². The zero-order valence-electron chi connectivity index (χ0n) is 8.84. The number of esters is 1. The number of aromatic nitrogens is 1. The molecule has 94 valence electrons. The highest BCUT2D eigenvalue weighted by molar-refractivity contribution is 9.08. The van der Waals surface area contributed by atoms with E-state index in [-0.39, 0.29) is 22.7 Å². The maximum atomic E-state index is 12.7. The standard InChI is InChI=1S/C10H9BrClF2NO2/c1-2-17-10(16)6-3-5(4-11)7(12)8(15-6)9(13)14/h3,9H,2,4H2,1H3. The second kappa shape index (κ2) is 6.26. The molecule has 0 aliphatic heterocycles. The Bertz CT molecular complexity index is 429. The fourth-order valence-corrected chi connectivity index (χ4v) is 2.01. The van der Waals surface area contributed by atoms with E-state index < -0.39 is 18.1 Å². The number of halogens is 4. The molecule has 1 rings (SSSR count). The smallest absolute Gasteiger partial charge is 0.356 e. The van der Waals surface area contributed by atoms with Crippen LogP contribution in [0.1, 0.15) is 35.1 Å². The van der Waals surface area contributed by atoms with E-state index in [1.54, 1.807) is 6.92 Å². The van der Waals surface area contributed by atoms with Crippen molar-refractivity contribution in [1.29, 1.82) is 0 Å². The molecular formula is C10H9BrClF2NO2. The Morgan fingerprint density at radius 3 is 2.76 bits per heavy atom. The Hall–Kier alpha value is -0.750. The van der Waals surface area contributed by atoms with Crippen LogP contribution in [0.3, 0.4) is 0 Å². The second-order valence-electron chi connectivity index (χ2n) is 3.02. The molecular weight excluding hydrogens is 319 g/mol. The lowest BCUT2D eigenvalue weighted by atomic mass is 10.2. The number of carbonyl (C=O) groups is 1. The summed E-state index contributed by atoms with van der Waals surface area (Å²) in [4.78, 5) is 14.9. The molecule has 0 aliphatic rings. The van der Waals surface area contributed by atoms with Crippen molar-refractivity contribution in [3.8, 4) is 0 Å². The van der Waals surface area contributed by atoms with E-state index in [0.717, 1.165) is 0 Å². The minimum Gasteiger partial charge on any atom is -0.461 e. The number of hydrogen-bond acceptors (Lipinski definition) is 3. The molecule has 1 heterocycles. The van der Waals surface area contributed by atoms with Gasteiger partial charge in [0.15, 0.2) is 0 Å². The van der Waals surface area contributed by atoms with Gasteiger partial charge in [-0.25, -0.2) is 18.6 Å². The van der Waals surface area contributed by atoms with Gasteiger partial charge in [0.05, 0.1) is 11.6 Å². The monoisotopic (exact) mass is 327 g/mol. The van der Waals surface area contributed by atoms with Crippen molar-refractivity contribution in [2.75, 3.05) is 6.61 Å². The van der Waals surface area contributed by atoms with Crippen molar-refractivity contribution in [1.82, 2.24) is 4.98 Å². The van der Waals surface area contributed by atoms with Gasteiger partial charge in [-0.05, 0) is 18.6 Å². The highest BCUT2D eigenvalue weighted by Gasteiger charge is 2.21. The van der Waals surface area contributed by atoms with Crippen LogP contribution in [-0.2, 0) is 10.1 Å². The molecule has 0 atom stereocenters. The molecule has 0 aliphatic carbocycles. The lowest BCUT2D eigenvalue weighted by molar-refractivity contribution is 0.0517. The first kappa shape index (κ1) is 14.3. The summed E-state index contributed by atoms with van der Waals surface area (Å²) >= 11 is 8.84. The van der Waals surface area contributed by atoms with E-state index in [9.17, 15) is 13.6 Å². The van der Waals surface area contributed by atoms with Crippen LogP contribution in [0.4, 0.5) is 8.78 Å². The topological polar surface area (TPSA) is 39.2 Å². The third-order valence-corrected chi connectivity index (χ3v) is 2.93. The highest BCUT2D eigenvalue weighted by atomic mass is 79.9. The Morgan fingerprint density at radius 1 is 1.65 bits per heavy atom. The van der Waals surface area contributed by atoms with Gasteiger partial charge >= 0.3 is 5.97 Å². The van der Waals surface area contributed by atoms with E-state index in [4.69, 9.17) is 16.3 Å². The number of nitrogens with zero attached hydrogens (tertiary/aromatic N) is 1. The molecule has 0 saturated heterocycles. The van der Waals surface area contributed by atoms with Crippen molar-refractivity contribution < 1.29 is 18.3 Å². The second-order valence-corrected chi connectivity index (χ2v) is 3.96. The van der Waals surface area contributed by atoms with Gasteiger partial charge in [-0.3, -0.25) is 0 Å². The first-order valence-electron chi connectivity index (χ1n) is 4.71. The first-order chi connectivity index (χ1) is 8.01. The summed E-state index contributed by atoms with van der Waals surface area (Å²) < 4.78 is 30.0.